The minimum absolute atomic E-state index is 0.0102. The van der Waals surface area contributed by atoms with Gasteiger partial charge in [0.05, 0.1) is 18.8 Å². The van der Waals surface area contributed by atoms with E-state index in [-0.39, 0.29) is 13.2 Å². The first-order valence-electron chi connectivity index (χ1n) is 4.28. The first-order valence-corrected chi connectivity index (χ1v) is 4.28. The van der Waals surface area contributed by atoms with E-state index in [9.17, 15) is 0 Å². The number of hydrogen-bond acceptors (Lipinski definition) is 4. The average molecular weight is 178 g/mol. The van der Waals surface area contributed by atoms with Crippen LogP contribution in [0.4, 0.5) is 0 Å². The molecule has 74 valence electrons. The molecule has 0 saturated heterocycles. The van der Waals surface area contributed by atoms with Crippen molar-refractivity contribution in [2.24, 2.45) is 0 Å². The maximum atomic E-state index is 9.13. The molecule has 0 rings (SSSR count). The summed E-state index contributed by atoms with van der Waals surface area (Å²) < 4.78 is 0. The Morgan fingerprint density at radius 2 is 1.42 bits per heavy atom. The Labute approximate surface area is 72.5 Å². The standard InChI is InChI=1S/C8H18O4/c9-5-4-7(11)2-1-3-8(12)6-10/h7-12H,1-6H2. The molecule has 2 unspecified atom stereocenters. The molecular weight excluding hydrogens is 160 g/mol. The highest BCUT2D eigenvalue weighted by molar-refractivity contribution is 4.58. The van der Waals surface area contributed by atoms with Crippen LogP contribution < -0.4 is 0 Å². The van der Waals surface area contributed by atoms with Crippen LogP contribution in [0.2, 0.25) is 0 Å². The minimum atomic E-state index is -0.675. The molecule has 0 heterocycles. The monoisotopic (exact) mass is 178 g/mol. The third-order valence-electron chi connectivity index (χ3n) is 1.75. The Morgan fingerprint density at radius 1 is 0.833 bits per heavy atom. The molecule has 0 aromatic rings. The molecule has 0 fully saturated rings. The van der Waals surface area contributed by atoms with E-state index in [4.69, 9.17) is 20.4 Å². The summed E-state index contributed by atoms with van der Waals surface area (Å²) in [5, 5.41) is 34.9. The van der Waals surface area contributed by atoms with E-state index in [0.717, 1.165) is 0 Å². The van der Waals surface area contributed by atoms with Gasteiger partial charge in [-0.25, -0.2) is 0 Å². The third-order valence-corrected chi connectivity index (χ3v) is 1.75. The lowest BCUT2D eigenvalue weighted by molar-refractivity contribution is 0.0766. The lowest BCUT2D eigenvalue weighted by Crippen LogP contribution is -2.14. The fourth-order valence-corrected chi connectivity index (χ4v) is 0.974. The molecule has 0 aromatic carbocycles. The van der Waals surface area contributed by atoms with Crippen LogP contribution in [-0.4, -0.2) is 45.8 Å². The first kappa shape index (κ1) is 11.8. The maximum absolute atomic E-state index is 9.13. The minimum Gasteiger partial charge on any atom is -0.396 e. The second-order valence-electron chi connectivity index (χ2n) is 2.93. The Balaban J connectivity index is 3.18. The Bertz CT molecular complexity index is 97.1. The van der Waals surface area contributed by atoms with E-state index in [1.807, 2.05) is 0 Å². The lowest BCUT2D eigenvalue weighted by atomic mass is 10.1. The van der Waals surface area contributed by atoms with Gasteiger partial charge in [0.2, 0.25) is 0 Å². The van der Waals surface area contributed by atoms with Crippen molar-refractivity contribution < 1.29 is 20.4 Å². The van der Waals surface area contributed by atoms with Gasteiger partial charge in [-0.2, -0.15) is 0 Å². The zero-order valence-corrected chi connectivity index (χ0v) is 7.19. The van der Waals surface area contributed by atoms with Crippen LogP contribution in [0, 0.1) is 0 Å². The van der Waals surface area contributed by atoms with Crippen LogP contribution in [0.15, 0.2) is 0 Å². The fraction of sp³-hybridized carbons (Fsp3) is 1.00. The summed E-state index contributed by atoms with van der Waals surface area (Å²) in [5.74, 6) is 0. The largest absolute Gasteiger partial charge is 0.396 e. The summed E-state index contributed by atoms with van der Waals surface area (Å²) in [4.78, 5) is 0. The summed E-state index contributed by atoms with van der Waals surface area (Å²) in [6.07, 6.45) is 0.960. The van der Waals surface area contributed by atoms with Gasteiger partial charge in [-0.1, -0.05) is 0 Å². The van der Waals surface area contributed by atoms with Crippen molar-refractivity contribution in [2.45, 2.75) is 37.9 Å². The van der Waals surface area contributed by atoms with Crippen molar-refractivity contribution in [1.29, 1.82) is 0 Å². The van der Waals surface area contributed by atoms with Gasteiger partial charge in [-0.3, -0.25) is 0 Å². The molecule has 0 aromatic heterocycles. The van der Waals surface area contributed by atoms with E-state index in [1.165, 1.54) is 0 Å². The number of rotatable bonds is 7. The van der Waals surface area contributed by atoms with Crippen molar-refractivity contribution in [3.63, 3.8) is 0 Å². The highest BCUT2D eigenvalue weighted by Gasteiger charge is 2.05. The molecule has 4 heteroatoms. The van der Waals surface area contributed by atoms with Crippen molar-refractivity contribution in [3.8, 4) is 0 Å². The molecule has 0 saturated carbocycles. The van der Waals surface area contributed by atoms with E-state index < -0.39 is 12.2 Å². The second-order valence-corrected chi connectivity index (χ2v) is 2.93. The quantitative estimate of drug-likeness (QED) is 0.413. The summed E-state index contributed by atoms with van der Waals surface area (Å²) in [7, 11) is 0. The topological polar surface area (TPSA) is 80.9 Å². The van der Waals surface area contributed by atoms with Gasteiger partial charge in [0.15, 0.2) is 0 Å². The summed E-state index contributed by atoms with van der Waals surface area (Å²) in [6.45, 7) is -0.236. The van der Waals surface area contributed by atoms with Gasteiger partial charge in [-0.05, 0) is 25.7 Å². The van der Waals surface area contributed by atoms with Gasteiger partial charge in [-0.15, -0.1) is 0 Å². The zero-order valence-electron chi connectivity index (χ0n) is 7.19. The highest BCUT2D eigenvalue weighted by atomic mass is 16.3. The van der Waals surface area contributed by atoms with E-state index in [0.29, 0.717) is 25.7 Å². The molecule has 2 atom stereocenters. The Kier molecular flexibility index (Phi) is 7.39. The predicted octanol–water partition coefficient (Wildman–Crippen LogP) is -0.747. The zero-order chi connectivity index (χ0) is 9.40. The summed E-state index contributed by atoms with van der Waals surface area (Å²) in [6, 6.07) is 0. The molecule has 0 radical (unpaired) electrons. The molecule has 12 heavy (non-hydrogen) atoms. The Hall–Kier alpha value is -0.160. The SMILES string of the molecule is OCCC(O)CCCC(O)CO. The molecule has 4 N–H and O–H groups in total. The van der Waals surface area contributed by atoms with Crippen LogP contribution in [-0.2, 0) is 0 Å². The highest BCUT2D eigenvalue weighted by Crippen LogP contribution is 2.06. The van der Waals surface area contributed by atoms with Crippen molar-refractivity contribution in [2.75, 3.05) is 13.2 Å². The van der Waals surface area contributed by atoms with Gasteiger partial charge in [0.25, 0.3) is 0 Å². The van der Waals surface area contributed by atoms with Gasteiger partial charge < -0.3 is 20.4 Å². The molecule has 0 bridgehead atoms. The molecule has 4 nitrogen and oxygen atoms in total. The first-order chi connectivity index (χ1) is 5.70. The van der Waals surface area contributed by atoms with Crippen LogP contribution in [0.5, 0.6) is 0 Å². The molecule has 0 aliphatic rings. The van der Waals surface area contributed by atoms with Crippen molar-refractivity contribution in [3.05, 3.63) is 0 Å². The van der Waals surface area contributed by atoms with Crippen LogP contribution in [0.3, 0.4) is 0 Å². The summed E-state index contributed by atoms with van der Waals surface area (Å²) in [5.41, 5.74) is 0. The van der Waals surface area contributed by atoms with Crippen LogP contribution in [0.25, 0.3) is 0 Å². The number of aliphatic hydroxyl groups is 4. The smallest absolute Gasteiger partial charge is 0.0771 e. The van der Waals surface area contributed by atoms with Gasteiger partial charge in [0, 0.05) is 6.61 Å². The van der Waals surface area contributed by atoms with E-state index in [2.05, 4.69) is 0 Å². The van der Waals surface area contributed by atoms with Gasteiger partial charge >= 0.3 is 0 Å². The Morgan fingerprint density at radius 3 is 1.92 bits per heavy atom. The predicted molar refractivity (Wildman–Crippen MR) is 44.7 cm³/mol. The van der Waals surface area contributed by atoms with Crippen molar-refractivity contribution in [1.82, 2.24) is 0 Å². The molecule has 0 spiro atoms. The molecule has 0 aliphatic heterocycles. The van der Waals surface area contributed by atoms with E-state index in [1.54, 1.807) is 0 Å². The van der Waals surface area contributed by atoms with Gasteiger partial charge in [0.1, 0.15) is 0 Å². The normalized spacial score (nSPS) is 16.0. The summed E-state index contributed by atoms with van der Waals surface area (Å²) >= 11 is 0. The maximum Gasteiger partial charge on any atom is 0.0771 e. The third kappa shape index (κ3) is 6.54. The molecular formula is C8H18O4. The fourth-order valence-electron chi connectivity index (χ4n) is 0.974. The lowest BCUT2D eigenvalue weighted by Gasteiger charge is -2.10. The van der Waals surface area contributed by atoms with E-state index >= 15 is 0 Å². The average Bonchev–Trinajstić information content (AvgIpc) is 2.04. The number of aliphatic hydroxyl groups excluding tert-OH is 4. The van der Waals surface area contributed by atoms with Crippen LogP contribution in [0.1, 0.15) is 25.7 Å². The number of hydrogen-bond donors (Lipinski definition) is 4. The molecule has 0 amide bonds. The second kappa shape index (κ2) is 7.49. The van der Waals surface area contributed by atoms with Crippen molar-refractivity contribution >= 4 is 0 Å². The molecule has 0 aliphatic carbocycles. The van der Waals surface area contributed by atoms with Crippen LogP contribution >= 0.6 is 0 Å².